The number of nitrogen functional groups attached to an aromatic ring is 1. The third-order valence-electron chi connectivity index (χ3n) is 3.25. The maximum atomic E-state index is 11.5. The van der Waals surface area contributed by atoms with E-state index in [4.69, 9.17) is 10.5 Å². The van der Waals surface area contributed by atoms with Gasteiger partial charge in [-0.3, -0.25) is 4.79 Å². The van der Waals surface area contributed by atoms with E-state index in [9.17, 15) is 4.79 Å². The van der Waals surface area contributed by atoms with E-state index < -0.39 is 0 Å². The summed E-state index contributed by atoms with van der Waals surface area (Å²) in [6.45, 7) is 3.16. The Labute approximate surface area is 137 Å². The molecule has 4 heteroatoms. The Kier molecular flexibility index (Phi) is 6.24. The molecule has 0 aliphatic carbocycles. The average Bonchev–Trinajstić information content (AvgIpc) is 2.58. The SMILES string of the molecule is CCCNC(=O)/C=C\c1ccc(OCc2ccccc2)c(N)c1. The number of carbonyl (C=O) groups excluding carboxylic acids is 1. The van der Waals surface area contributed by atoms with Gasteiger partial charge in [0, 0.05) is 12.6 Å². The van der Waals surface area contributed by atoms with E-state index in [0.717, 1.165) is 17.5 Å². The molecule has 0 fully saturated rings. The van der Waals surface area contributed by atoms with Gasteiger partial charge >= 0.3 is 0 Å². The molecule has 0 aliphatic heterocycles. The summed E-state index contributed by atoms with van der Waals surface area (Å²) < 4.78 is 5.73. The number of hydrogen-bond acceptors (Lipinski definition) is 3. The predicted octanol–water partition coefficient (Wildman–Crippen LogP) is 3.39. The predicted molar refractivity (Wildman–Crippen MR) is 94.0 cm³/mol. The van der Waals surface area contributed by atoms with Crippen LogP contribution in [0.5, 0.6) is 5.75 Å². The second-order valence-corrected chi connectivity index (χ2v) is 5.20. The van der Waals surface area contributed by atoms with Crippen molar-refractivity contribution in [1.82, 2.24) is 5.32 Å². The lowest BCUT2D eigenvalue weighted by atomic mass is 10.1. The van der Waals surface area contributed by atoms with E-state index in [2.05, 4.69) is 5.32 Å². The summed E-state index contributed by atoms with van der Waals surface area (Å²) in [7, 11) is 0. The van der Waals surface area contributed by atoms with Crippen LogP contribution in [-0.2, 0) is 11.4 Å². The Hall–Kier alpha value is -2.75. The molecule has 0 spiro atoms. The van der Waals surface area contributed by atoms with Crippen molar-refractivity contribution in [2.45, 2.75) is 20.0 Å². The van der Waals surface area contributed by atoms with Crippen LogP contribution in [0.3, 0.4) is 0 Å². The van der Waals surface area contributed by atoms with Crippen LogP contribution in [-0.4, -0.2) is 12.5 Å². The summed E-state index contributed by atoms with van der Waals surface area (Å²) in [5.41, 5.74) is 8.51. The molecular formula is C19H22N2O2. The van der Waals surface area contributed by atoms with Crippen LogP contribution >= 0.6 is 0 Å². The van der Waals surface area contributed by atoms with Crippen molar-refractivity contribution < 1.29 is 9.53 Å². The Morgan fingerprint density at radius 3 is 2.70 bits per heavy atom. The van der Waals surface area contributed by atoms with Gasteiger partial charge in [-0.25, -0.2) is 0 Å². The van der Waals surface area contributed by atoms with Gasteiger partial charge in [0.25, 0.3) is 0 Å². The first-order valence-electron chi connectivity index (χ1n) is 7.71. The number of anilines is 1. The van der Waals surface area contributed by atoms with E-state index in [1.165, 1.54) is 6.08 Å². The molecule has 0 atom stereocenters. The van der Waals surface area contributed by atoms with Crippen molar-refractivity contribution in [3.05, 3.63) is 65.7 Å². The Morgan fingerprint density at radius 2 is 2.00 bits per heavy atom. The first-order valence-corrected chi connectivity index (χ1v) is 7.71. The third-order valence-corrected chi connectivity index (χ3v) is 3.25. The highest BCUT2D eigenvalue weighted by atomic mass is 16.5. The van der Waals surface area contributed by atoms with Crippen molar-refractivity contribution in [1.29, 1.82) is 0 Å². The largest absolute Gasteiger partial charge is 0.487 e. The van der Waals surface area contributed by atoms with Gasteiger partial charge in [-0.15, -0.1) is 0 Å². The highest BCUT2D eigenvalue weighted by Crippen LogP contribution is 2.24. The smallest absolute Gasteiger partial charge is 0.243 e. The lowest BCUT2D eigenvalue weighted by Crippen LogP contribution is -2.21. The highest BCUT2D eigenvalue weighted by Gasteiger charge is 2.02. The molecule has 3 N–H and O–H groups in total. The number of rotatable bonds is 7. The van der Waals surface area contributed by atoms with E-state index in [-0.39, 0.29) is 5.91 Å². The van der Waals surface area contributed by atoms with Gasteiger partial charge in [-0.1, -0.05) is 43.3 Å². The van der Waals surface area contributed by atoms with Crippen molar-refractivity contribution in [3.63, 3.8) is 0 Å². The molecular weight excluding hydrogens is 288 g/mol. The quantitative estimate of drug-likeness (QED) is 0.608. The monoisotopic (exact) mass is 310 g/mol. The van der Waals surface area contributed by atoms with Crippen LogP contribution in [0.15, 0.2) is 54.6 Å². The van der Waals surface area contributed by atoms with Gasteiger partial charge in [-0.05, 0) is 35.8 Å². The average molecular weight is 310 g/mol. The molecule has 0 radical (unpaired) electrons. The van der Waals surface area contributed by atoms with Gasteiger partial charge < -0.3 is 15.8 Å². The highest BCUT2D eigenvalue weighted by molar-refractivity contribution is 5.91. The van der Waals surface area contributed by atoms with Crippen LogP contribution in [0.1, 0.15) is 24.5 Å². The number of ether oxygens (including phenoxy) is 1. The number of benzene rings is 2. The van der Waals surface area contributed by atoms with Gasteiger partial charge in [-0.2, -0.15) is 0 Å². The van der Waals surface area contributed by atoms with Crippen molar-refractivity contribution >= 4 is 17.7 Å². The van der Waals surface area contributed by atoms with E-state index >= 15 is 0 Å². The molecule has 0 aromatic heterocycles. The fourth-order valence-corrected chi connectivity index (χ4v) is 2.02. The van der Waals surface area contributed by atoms with Gasteiger partial charge in [0.05, 0.1) is 5.69 Å². The summed E-state index contributed by atoms with van der Waals surface area (Å²) in [6, 6.07) is 15.4. The van der Waals surface area contributed by atoms with Crippen LogP contribution in [0.25, 0.3) is 6.08 Å². The molecule has 4 nitrogen and oxygen atoms in total. The minimum atomic E-state index is -0.102. The zero-order chi connectivity index (χ0) is 16.5. The van der Waals surface area contributed by atoms with Crippen molar-refractivity contribution in [3.8, 4) is 5.75 Å². The maximum Gasteiger partial charge on any atom is 0.243 e. The van der Waals surface area contributed by atoms with Crippen LogP contribution < -0.4 is 15.8 Å². The zero-order valence-corrected chi connectivity index (χ0v) is 13.3. The summed E-state index contributed by atoms with van der Waals surface area (Å²) in [4.78, 5) is 11.5. The van der Waals surface area contributed by atoms with Crippen LogP contribution in [0.2, 0.25) is 0 Å². The fourth-order valence-electron chi connectivity index (χ4n) is 2.02. The van der Waals surface area contributed by atoms with Gasteiger partial charge in [0.15, 0.2) is 0 Å². The summed E-state index contributed by atoms with van der Waals surface area (Å²) in [6.07, 6.45) is 4.16. The summed E-state index contributed by atoms with van der Waals surface area (Å²) in [5.74, 6) is 0.538. The number of hydrogen-bond donors (Lipinski definition) is 2. The molecule has 1 amide bonds. The molecule has 2 aromatic rings. The molecule has 23 heavy (non-hydrogen) atoms. The molecule has 0 heterocycles. The number of nitrogens with one attached hydrogen (secondary N) is 1. The van der Waals surface area contributed by atoms with E-state index in [0.29, 0.717) is 24.6 Å². The van der Waals surface area contributed by atoms with E-state index in [1.54, 1.807) is 12.1 Å². The Morgan fingerprint density at radius 1 is 1.22 bits per heavy atom. The number of amides is 1. The van der Waals surface area contributed by atoms with Crippen LogP contribution in [0.4, 0.5) is 5.69 Å². The fraction of sp³-hybridized carbons (Fsp3) is 0.211. The van der Waals surface area contributed by atoms with Crippen molar-refractivity contribution in [2.24, 2.45) is 0 Å². The minimum Gasteiger partial charge on any atom is -0.487 e. The first kappa shape index (κ1) is 16.6. The molecule has 2 rings (SSSR count). The normalized spacial score (nSPS) is 10.7. The molecule has 0 saturated heterocycles. The molecule has 2 aromatic carbocycles. The Balaban J connectivity index is 1.95. The molecule has 120 valence electrons. The van der Waals surface area contributed by atoms with E-state index in [1.807, 2.05) is 49.4 Å². The molecule has 0 bridgehead atoms. The molecule has 0 aliphatic rings. The van der Waals surface area contributed by atoms with Crippen LogP contribution in [0, 0.1) is 0 Å². The Bertz CT molecular complexity index is 666. The van der Waals surface area contributed by atoms with Crippen molar-refractivity contribution in [2.75, 3.05) is 12.3 Å². The lowest BCUT2D eigenvalue weighted by Gasteiger charge is -2.09. The molecule has 0 saturated carbocycles. The first-order chi connectivity index (χ1) is 11.2. The standard InChI is InChI=1S/C19H22N2O2/c1-2-12-21-19(22)11-9-15-8-10-18(17(20)13-15)23-14-16-6-4-3-5-7-16/h3-11,13H,2,12,14,20H2,1H3,(H,21,22)/b11-9-. The summed E-state index contributed by atoms with van der Waals surface area (Å²) in [5, 5.41) is 2.79. The number of nitrogens with two attached hydrogens (primary N) is 1. The maximum absolute atomic E-state index is 11.5. The zero-order valence-electron chi connectivity index (χ0n) is 13.3. The van der Waals surface area contributed by atoms with Gasteiger partial charge in [0.1, 0.15) is 12.4 Å². The van der Waals surface area contributed by atoms with Gasteiger partial charge in [0.2, 0.25) is 5.91 Å². The number of carbonyl (C=O) groups is 1. The second kappa shape index (κ2) is 8.63. The molecule has 0 unspecified atom stereocenters. The lowest BCUT2D eigenvalue weighted by molar-refractivity contribution is -0.116. The third kappa shape index (κ3) is 5.51. The second-order valence-electron chi connectivity index (χ2n) is 5.20. The minimum absolute atomic E-state index is 0.102. The summed E-state index contributed by atoms with van der Waals surface area (Å²) >= 11 is 0. The topological polar surface area (TPSA) is 64.3 Å².